The number of urea groups is 1. The minimum atomic E-state index is -3.76. The smallest absolute Gasteiger partial charge is 0.440 e. The molecule has 0 bridgehead atoms. The van der Waals surface area contributed by atoms with Crippen LogP contribution in [0.25, 0.3) is 0 Å². The van der Waals surface area contributed by atoms with Crippen molar-refractivity contribution in [1.29, 1.82) is 0 Å². The van der Waals surface area contributed by atoms with E-state index in [0.717, 1.165) is 37.2 Å². The van der Waals surface area contributed by atoms with Crippen molar-refractivity contribution in [3.63, 3.8) is 0 Å². The van der Waals surface area contributed by atoms with Crippen LogP contribution in [-0.4, -0.2) is 63.2 Å². The van der Waals surface area contributed by atoms with E-state index in [-0.39, 0.29) is 22.0 Å². The molecule has 0 spiro atoms. The Morgan fingerprint density at radius 1 is 0.725 bits per heavy atom. The van der Waals surface area contributed by atoms with Crippen molar-refractivity contribution in [2.45, 2.75) is 25.7 Å². The molecule has 0 aliphatic rings. The van der Waals surface area contributed by atoms with Crippen molar-refractivity contribution < 1.29 is 68.3 Å². The Morgan fingerprint density at radius 3 is 1.90 bits per heavy atom. The van der Waals surface area contributed by atoms with Crippen LogP contribution in [0.1, 0.15) is 5.56 Å². The van der Waals surface area contributed by atoms with Gasteiger partial charge in [0.05, 0.1) is 20.8 Å². The molecule has 0 aliphatic heterocycles. The zero-order chi connectivity index (χ0) is 37.5. The molecule has 0 saturated carbocycles. The Balaban J connectivity index is 2.05. The van der Waals surface area contributed by atoms with Gasteiger partial charge in [-0.1, -0.05) is 6.07 Å². The minimum absolute atomic E-state index is 0.0347. The summed E-state index contributed by atoms with van der Waals surface area (Å²) in [5.41, 5.74) is -0.776. The molecule has 51 heavy (non-hydrogen) atoms. The van der Waals surface area contributed by atoms with Gasteiger partial charge in [0, 0.05) is 50.1 Å². The van der Waals surface area contributed by atoms with Gasteiger partial charge in [0.2, 0.25) is 0 Å². The molecule has 2 atom stereocenters. The summed E-state index contributed by atoms with van der Waals surface area (Å²) in [6.07, 6.45) is -2.69. The summed E-state index contributed by atoms with van der Waals surface area (Å²) < 4.78 is 147. The van der Waals surface area contributed by atoms with E-state index in [0.29, 0.717) is 48.5 Å². The molecule has 0 fully saturated rings. The Bertz CT molecular complexity index is 1800. The Morgan fingerprint density at radius 2 is 1.33 bits per heavy atom. The maximum Gasteiger partial charge on any atom is 0.440 e. The molecule has 2 amide bonds. The third kappa shape index (κ3) is 9.82. The Labute approximate surface area is 285 Å². The summed E-state index contributed by atoms with van der Waals surface area (Å²) in [6.45, 7) is -4.62. The largest absolute Gasteiger partial charge is 0.496 e. The summed E-state index contributed by atoms with van der Waals surface area (Å²) in [5, 5.41) is 2.37. The molecule has 4 rings (SSSR count). The third-order valence-electron chi connectivity index (χ3n) is 6.60. The van der Waals surface area contributed by atoms with Crippen LogP contribution in [0.15, 0.2) is 72.8 Å². The van der Waals surface area contributed by atoms with Gasteiger partial charge in [0.25, 0.3) is 6.41 Å². The van der Waals surface area contributed by atoms with E-state index in [1.54, 1.807) is 0 Å². The van der Waals surface area contributed by atoms with Gasteiger partial charge in [0.1, 0.15) is 34.7 Å². The summed E-state index contributed by atoms with van der Waals surface area (Å²) >= 11 is 0. The van der Waals surface area contributed by atoms with E-state index in [1.165, 1.54) is 20.3 Å². The average molecular weight is 732 g/mol. The van der Waals surface area contributed by atoms with Crippen LogP contribution in [-0.2, 0) is 16.1 Å². The highest BCUT2D eigenvalue weighted by atomic mass is 19.3. The van der Waals surface area contributed by atoms with E-state index in [1.807, 2.05) is 0 Å². The van der Waals surface area contributed by atoms with Gasteiger partial charge in [0.15, 0.2) is 23.2 Å². The molecule has 4 aromatic carbocycles. The number of carbonyl (C=O) groups excluding carboxylic acids is 1. The number of anilines is 1. The van der Waals surface area contributed by atoms with Gasteiger partial charge in [-0.15, -0.1) is 0 Å². The van der Waals surface area contributed by atoms with Gasteiger partial charge >= 0.3 is 18.7 Å². The maximum absolute atomic E-state index is 15.3. The number of rotatable bonds is 15. The zero-order valence-electron chi connectivity index (χ0n) is 27.1. The highest BCUT2D eigenvalue weighted by Crippen LogP contribution is 2.36. The normalized spacial score (nSPS) is 12.9. The molecule has 0 radical (unpaired) electrons. The highest BCUT2D eigenvalue weighted by Gasteiger charge is 2.53. The molecule has 10 nitrogen and oxygen atoms in total. The lowest BCUT2D eigenvalue weighted by atomic mass is 10.2. The quantitative estimate of drug-likeness (QED) is 0.0998. The van der Waals surface area contributed by atoms with Crippen LogP contribution in [0.4, 0.5) is 45.6 Å². The molecule has 0 aliphatic carbocycles. The van der Waals surface area contributed by atoms with Crippen molar-refractivity contribution >= 4 is 11.7 Å². The second kappa shape index (κ2) is 16.5. The van der Waals surface area contributed by atoms with E-state index in [2.05, 4.69) is 10.1 Å². The standard InChI is InChI=1S/C33H29F8N3O7/c1-43(2)31(45)44(32(49-30(40)41)48-17-18-5-7-26(37)28(39)9-18)33(42-22-11-20(35)10-21(36)12-22,51-29-13-19(34)6-8-27(29)38)50-25-15-23(46-3)14-24(16-25)47-4/h5-16,30,32,42H,17H2,1-4H3. The number of halogens is 8. The summed E-state index contributed by atoms with van der Waals surface area (Å²) in [6, 6.07) is 4.89. The SMILES string of the molecule is COc1cc(OC)cc(OC(Nc2cc(F)cc(F)c2)(Oc2cc(F)ccc2F)N(C(=O)N(C)C)C(OCc2ccc(F)c(F)c2)OC(F)F)c1. The number of benzene rings is 4. The van der Waals surface area contributed by atoms with Crippen LogP contribution in [0.2, 0.25) is 0 Å². The topological polar surface area (TPSA) is 91.0 Å². The molecular formula is C33H29F8N3O7. The molecule has 274 valence electrons. The second-order valence-electron chi connectivity index (χ2n) is 10.5. The maximum atomic E-state index is 15.3. The first-order valence-corrected chi connectivity index (χ1v) is 14.4. The number of amides is 2. The van der Waals surface area contributed by atoms with E-state index in [4.69, 9.17) is 23.7 Å². The van der Waals surface area contributed by atoms with Gasteiger partial charge < -0.3 is 28.6 Å². The third-order valence-corrected chi connectivity index (χ3v) is 6.60. The number of hydrogen-bond acceptors (Lipinski definition) is 8. The van der Waals surface area contributed by atoms with Gasteiger partial charge in [-0.25, -0.2) is 31.1 Å². The van der Waals surface area contributed by atoms with Crippen LogP contribution in [0.3, 0.4) is 0 Å². The number of nitrogens with zero attached hydrogens (tertiary/aromatic N) is 2. The molecular weight excluding hydrogens is 702 g/mol. The molecule has 0 saturated heterocycles. The monoisotopic (exact) mass is 731 g/mol. The van der Waals surface area contributed by atoms with E-state index < -0.39 is 83.8 Å². The fraction of sp³-hybridized carbons (Fsp3) is 0.242. The molecule has 18 heteroatoms. The van der Waals surface area contributed by atoms with Crippen LogP contribution in [0, 0.1) is 34.9 Å². The second-order valence-corrected chi connectivity index (χ2v) is 10.5. The van der Waals surface area contributed by atoms with Gasteiger partial charge in [-0.05, 0) is 42.0 Å². The van der Waals surface area contributed by atoms with Gasteiger partial charge in [-0.2, -0.15) is 13.7 Å². The van der Waals surface area contributed by atoms with Crippen molar-refractivity contribution in [3.8, 4) is 23.0 Å². The number of methoxy groups -OCH3 is 2. The van der Waals surface area contributed by atoms with Crippen LogP contribution < -0.4 is 24.3 Å². The first kappa shape index (κ1) is 38.3. The van der Waals surface area contributed by atoms with Crippen molar-refractivity contribution in [2.75, 3.05) is 33.6 Å². The lowest BCUT2D eigenvalue weighted by Gasteiger charge is -2.45. The average Bonchev–Trinajstić information content (AvgIpc) is 3.05. The van der Waals surface area contributed by atoms with Crippen molar-refractivity contribution in [3.05, 3.63) is 113 Å². The molecule has 0 heterocycles. The summed E-state index contributed by atoms with van der Waals surface area (Å²) in [7, 11) is 4.74. The molecule has 1 N–H and O–H groups in total. The van der Waals surface area contributed by atoms with Crippen molar-refractivity contribution in [1.82, 2.24) is 9.80 Å². The summed E-state index contributed by atoms with van der Waals surface area (Å²) in [5.74, 6) is -8.76. The fourth-order valence-corrected chi connectivity index (χ4v) is 4.37. The lowest BCUT2D eigenvalue weighted by Crippen LogP contribution is -2.70. The van der Waals surface area contributed by atoms with Crippen molar-refractivity contribution in [2.24, 2.45) is 0 Å². The van der Waals surface area contributed by atoms with Crippen LogP contribution in [0.5, 0.6) is 23.0 Å². The Hall–Kier alpha value is -5.49. The first-order valence-electron chi connectivity index (χ1n) is 14.4. The summed E-state index contributed by atoms with van der Waals surface area (Å²) in [4.78, 5) is 15.0. The minimum Gasteiger partial charge on any atom is -0.496 e. The number of alkyl halides is 2. The van der Waals surface area contributed by atoms with Gasteiger partial charge in [-0.3, -0.25) is 10.1 Å². The van der Waals surface area contributed by atoms with E-state index in [9.17, 15) is 35.5 Å². The van der Waals surface area contributed by atoms with E-state index >= 15 is 4.39 Å². The number of carbonyl (C=O) groups is 1. The zero-order valence-corrected chi connectivity index (χ0v) is 27.1. The predicted molar refractivity (Wildman–Crippen MR) is 163 cm³/mol. The lowest BCUT2D eigenvalue weighted by molar-refractivity contribution is -0.343. The molecule has 4 aromatic rings. The first-order chi connectivity index (χ1) is 24.1. The number of hydrogen-bond donors (Lipinski definition) is 1. The molecule has 0 aromatic heterocycles. The molecule has 2 unspecified atom stereocenters. The Kier molecular flexibility index (Phi) is 12.4. The fourth-order valence-electron chi connectivity index (χ4n) is 4.37. The number of nitrogens with one attached hydrogen (secondary N) is 1. The predicted octanol–water partition coefficient (Wildman–Crippen LogP) is 7.44. The highest BCUT2D eigenvalue weighted by molar-refractivity contribution is 5.75. The van der Waals surface area contributed by atoms with Crippen LogP contribution >= 0.6 is 0 Å². The number of ether oxygens (including phenoxy) is 6.